The highest BCUT2D eigenvalue weighted by molar-refractivity contribution is 5.94. The Balaban J connectivity index is 2.36. The number of carboxylic acids is 2. The summed E-state index contributed by atoms with van der Waals surface area (Å²) in [6.07, 6.45) is 19.2. The summed E-state index contributed by atoms with van der Waals surface area (Å²) >= 11 is 0. The maximum absolute atomic E-state index is 12.6. The van der Waals surface area contributed by atoms with E-state index in [-0.39, 0.29) is 31.6 Å². The van der Waals surface area contributed by atoms with Crippen LogP contribution in [0.15, 0.2) is 11.3 Å². The van der Waals surface area contributed by atoms with Crippen LogP contribution in [-0.4, -0.2) is 131 Å². The number of carboxylic acid groups (broad SMARTS) is 2. The molecule has 1 aliphatic carbocycles. The van der Waals surface area contributed by atoms with Gasteiger partial charge < -0.3 is 57.6 Å². The molecule has 0 aromatic rings. The molecule has 0 spiro atoms. The molecule has 0 bridgehead atoms. The molecule has 1 rings (SSSR count). The molecule has 1 aliphatic rings. The summed E-state index contributed by atoms with van der Waals surface area (Å²) < 4.78 is 0. The summed E-state index contributed by atoms with van der Waals surface area (Å²) in [4.78, 5) is 107. The third-order valence-corrected chi connectivity index (χ3v) is 10.3. The lowest BCUT2D eigenvalue weighted by Crippen LogP contribution is -2.55. The number of Topliss-reactive ketones (excluding diaryl/α,β-unsaturated/α-hetero) is 1. The van der Waals surface area contributed by atoms with E-state index in [1.54, 1.807) is 0 Å². The minimum Gasteiger partial charge on any atom is -0.481 e. The topological polar surface area (TPSA) is 319 Å². The number of aliphatic hydroxyl groups is 2. The van der Waals surface area contributed by atoms with Crippen LogP contribution in [0.4, 0.5) is 0 Å². The van der Waals surface area contributed by atoms with Crippen LogP contribution in [0, 0.1) is 0 Å². The number of amides is 6. The highest BCUT2D eigenvalue weighted by Gasteiger charge is 2.25. The molecule has 0 aromatic carbocycles. The van der Waals surface area contributed by atoms with Gasteiger partial charge in [-0.2, -0.15) is 0 Å². The van der Waals surface area contributed by atoms with Crippen molar-refractivity contribution in [2.24, 2.45) is 0 Å². The van der Waals surface area contributed by atoms with Crippen LogP contribution in [0.5, 0.6) is 0 Å². The smallest absolute Gasteiger partial charge is 0.326 e. The van der Waals surface area contributed by atoms with Gasteiger partial charge in [-0.3, -0.25) is 38.4 Å². The molecule has 0 aromatic heterocycles. The second-order valence-electron chi connectivity index (χ2n) is 15.6. The number of nitrogens with one attached hydrogen (secondary N) is 7. The molecule has 62 heavy (non-hydrogen) atoms. The molecule has 0 saturated heterocycles. The van der Waals surface area contributed by atoms with E-state index in [0.717, 1.165) is 76.3 Å². The average Bonchev–Trinajstić information content (AvgIpc) is 3.21. The van der Waals surface area contributed by atoms with E-state index in [1.165, 1.54) is 57.4 Å². The van der Waals surface area contributed by atoms with Crippen LogP contribution in [0.1, 0.15) is 142 Å². The number of ketones is 1. The molecule has 1 fully saturated rings. The van der Waals surface area contributed by atoms with Gasteiger partial charge in [0.2, 0.25) is 35.4 Å². The quantitative estimate of drug-likeness (QED) is 0.0381. The fourth-order valence-corrected chi connectivity index (χ4v) is 6.46. The molecule has 11 N–H and O–H groups in total. The van der Waals surface area contributed by atoms with Crippen molar-refractivity contribution in [3.63, 3.8) is 0 Å². The zero-order valence-corrected chi connectivity index (χ0v) is 36.3. The summed E-state index contributed by atoms with van der Waals surface area (Å²) in [6, 6.07) is -4.01. The number of allylic oxidation sites excluding steroid dienone is 2. The normalized spacial score (nSPS) is 13.3. The number of rotatable bonds is 37. The van der Waals surface area contributed by atoms with E-state index in [0.29, 0.717) is 0 Å². The second kappa shape index (κ2) is 33.5. The minimum absolute atomic E-state index is 0.0364. The van der Waals surface area contributed by atoms with Crippen molar-refractivity contribution in [1.29, 1.82) is 0 Å². The molecule has 0 heterocycles. The van der Waals surface area contributed by atoms with Crippen molar-refractivity contribution in [1.82, 2.24) is 37.2 Å². The summed E-state index contributed by atoms with van der Waals surface area (Å²) in [5, 5.41) is 54.2. The van der Waals surface area contributed by atoms with Crippen molar-refractivity contribution >= 4 is 53.2 Å². The van der Waals surface area contributed by atoms with Crippen molar-refractivity contribution in [3.8, 4) is 0 Å². The van der Waals surface area contributed by atoms with E-state index in [4.69, 9.17) is 5.11 Å². The first kappa shape index (κ1) is 54.9. The second-order valence-corrected chi connectivity index (χ2v) is 15.6. The van der Waals surface area contributed by atoms with E-state index in [1.807, 2.05) is 0 Å². The standard InChI is InChI=1S/C42H71N7O13/c1-29(52)23-43-36(54)24-45-40(59)33(27-50)49-38(56)26-46-41(60)34(28-51)48-37(55)25-44-35(53)22-21-32(42(61)62)47-31(30-17-16-18-30)19-14-12-10-8-6-4-2-3-5-7-9-11-13-15-20-39(57)58/h32-34,47,50-51H,2-28H2,1H3,(H,43,54)(H,44,53)(H,45,59)(H,46,60)(H,48,55)(H,49,56)(H,57,58)(H,61,62)/t32-,33-,34-/m0/s1. The Kier molecular flexibility index (Phi) is 29.7. The first-order valence-corrected chi connectivity index (χ1v) is 22.0. The van der Waals surface area contributed by atoms with Gasteiger partial charge in [-0.25, -0.2) is 4.79 Å². The minimum atomic E-state index is -1.52. The van der Waals surface area contributed by atoms with Gasteiger partial charge in [-0.15, -0.1) is 0 Å². The third-order valence-electron chi connectivity index (χ3n) is 10.3. The van der Waals surface area contributed by atoms with Crippen LogP contribution in [0.3, 0.4) is 0 Å². The Morgan fingerprint density at radius 3 is 1.31 bits per heavy atom. The number of hydrogen-bond acceptors (Lipinski definition) is 12. The molecule has 0 aliphatic heterocycles. The Morgan fingerprint density at radius 1 is 0.484 bits per heavy atom. The SMILES string of the molecule is CC(=O)CNC(=O)CNC(=O)[C@H](CO)NC(=O)CNC(=O)[C@H](CO)NC(=O)CNC(=O)CC[C@H](NC(CCCCCCCCCCCCCCCCC(=O)O)=C1CCC1)C(=O)O. The van der Waals surface area contributed by atoms with Gasteiger partial charge in [-0.05, 0) is 51.9 Å². The molecule has 1 saturated carbocycles. The Labute approximate surface area is 363 Å². The fraction of sp³-hybridized carbons (Fsp3) is 0.738. The Hall–Kier alpha value is -5.11. The fourth-order valence-electron chi connectivity index (χ4n) is 6.46. The lowest BCUT2D eigenvalue weighted by molar-refractivity contribution is -0.140. The number of aliphatic carboxylic acids is 2. The van der Waals surface area contributed by atoms with Crippen LogP contribution in [0.2, 0.25) is 0 Å². The number of hydrogen-bond donors (Lipinski definition) is 11. The number of carbonyl (C=O) groups is 9. The number of unbranched alkanes of at least 4 members (excludes halogenated alkanes) is 13. The van der Waals surface area contributed by atoms with Crippen molar-refractivity contribution in [2.45, 2.75) is 160 Å². The van der Waals surface area contributed by atoms with Crippen molar-refractivity contribution < 1.29 is 63.6 Å². The lowest BCUT2D eigenvalue weighted by atomic mass is 9.88. The Bertz CT molecular complexity index is 1480. The predicted molar refractivity (Wildman–Crippen MR) is 227 cm³/mol. The molecule has 20 heteroatoms. The summed E-state index contributed by atoms with van der Waals surface area (Å²) in [6.45, 7) is -2.52. The van der Waals surface area contributed by atoms with Gasteiger partial charge in [0.05, 0.1) is 39.4 Å². The van der Waals surface area contributed by atoms with Crippen LogP contribution in [0.25, 0.3) is 0 Å². The highest BCUT2D eigenvalue weighted by Crippen LogP contribution is 2.30. The predicted octanol–water partition coefficient (Wildman–Crippen LogP) is 0.582. The van der Waals surface area contributed by atoms with Crippen molar-refractivity contribution in [3.05, 3.63) is 11.3 Å². The number of aliphatic hydroxyl groups excluding tert-OH is 2. The van der Waals surface area contributed by atoms with Gasteiger partial charge in [-0.1, -0.05) is 82.6 Å². The maximum Gasteiger partial charge on any atom is 0.326 e. The average molecular weight is 882 g/mol. The molecule has 3 atom stereocenters. The van der Waals surface area contributed by atoms with E-state index >= 15 is 0 Å². The molecule has 352 valence electrons. The largest absolute Gasteiger partial charge is 0.481 e. The van der Waals surface area contributed by atoms with Gasteiger partial charge in [0.1, 0.15) is 23.9 Å². The monoisotopic (exact) mass is 882 g/mol. The van der Waals surface area contributed by atoms with E-state index < -0.39 is 98.4 Å². The Morgan fingerprint density at radius 2 is 0.903 bits per heavy atom. The number of carbonyl (C=O) groups excluding carboxylic acids is 7. The zero-order valence-electron chi connectivity index (χ0n) is 36.3. The van der Waals surface area contributed by atoms with E-state index in [9.17, 15) is 58.5 Å². The molecule has 0 radical (unpaired) electrons. The van der Waals surface area contributed by atoms with Crippen LogP contribution in [-0.2, 0) is 43.2 Å². The third kappa shape index (κ3) is 27.0. The zero-order chi connectivity index (χ0) is 46.1. The van der Waals surface area contributed by atoms with Crippen molar-refractivity contribution in [2.75, 3.05) is 39.4 Å². The van der Waals surface area contributed by atoms with Crippen LogP contribution < -0.4 is 37.2 Å². The molecular formula is C42H71N7O13. The van der Waals surface area contributed by atoms with Gasteiger partial charge in [0, 0.05) is 18.5 Å². The van der Waals surface area contributed by atoms with E-state index in [2.05, 4.69) is 37.2 Å². The highest BCUT2D eigenvalue weighted by atomic mass is 16.4. The summed E-state index contributed by atoms with van der Waals surface area (Å²) in [7, 11) is 0. The molecule has 0 unspecified atom stereocenters. The van der Waals surface area contributed by atoms with Gasteiger partial charge in [0.25, 0.3) is 0 Å². The summed E-state index contributed by atoms with van der Waals surface area (Å²) in [5.41, 5.74) is 2.14. The first-order chi connectivity index (χ1) is 29.7. The molecule has 20 nitrogen and oxygen atoms in total. The lowest BCUT2D eigenvalue weighted by Gasteiger charge is -2.26. The van der Waals surface area contributed by atoms with Gasteiger partial charge in [0.15, 0.2) is 0 Å². The summed E-state index contributed by atoms with van der Waals surface area (Å²) in [5.74, 6) is -7.06. The molecular weight excluding hydrogens is 810 g/mol. The first-order valence-electron chi connectivity index (χ1n) is 22.0. The van der Waals surface area contributed by atoms with Gasteiger partial charge >= 0.3 is 11.9 Å². The maximum atomic E-state index is 12.6. The van der Waals surface area contributed by atoms with Crippen LogP contribution >= 0.6 is 0 Å². The molecule has 6 amide bonds.